The van der Waals surface area contributed by atoms with Crippen LogP contribution in [0.15, 0.2) is 18.2 Å². The van der Waals surface area contributed by atoms with E-state index < -0.39 is 10.8 Å². The maximum absolute atomic E-state index is 11.6. The minimum atomic E-state index is -0.621. The van der Waals surface area contributed by atoms with E-state index in [2.05, 4.69) is 0 Å². The number of non-ortho nitro benzene ring substituents is 1. The van der Waals surface area contributed by atoms with Gasteiger partial charge in [0.25, 0.3) is 5.69 Å². The molecule has 0 fully saturated rings. The van der Waals surface area contributed by atoms with Crippen LogP contribution in [-0.2, 0) is 16.0 Å². The van der Waals surface area contributed by atoms with E-state index in [0.717, 1.165) is 0 Å². The molecule has 2 N–H and O–H groups in total. The zero-order chi connectivity index (χ0) is 12.6. The molecule has 17 heavy (non-hydrogen) atoms. The van der Waals surface area contributed by atoms with E-state index in [-0.39, 0.29) is 24.6 Å². The average Bonchev–Trinajstić information content (AvgIpc) is 2.54. The van der Waals surface area contributed by atoms with E-state index >= 15 is 0 Å². The van der Waals surface area contributed by atoms with Crippen LogP contribution in [0.1, 0.15) is 5.56 Å². The van der Waals surface area contributed by atoms with Gasteiger partial charge >= 0.3 is 0 Å². The number of nitrogens with two attached hydrogens (primary N) is 1. The molecule has 2 rings (SSSR count). The van der Waals surface area contributed by atoms with Gasteiger partial charge in [-0.2, -0.15) is 0 Å². The van der Waals surface area contributed by atoms with E-state index in [1.54, 1.807) is 0 Å². The highest BCUT2D eigenvalue weighted by molar-refractivity contribution is 6.05. The Balaban J connectivity index is 2.38. The summed E-state index contributed by atoms with van der Waals surface area (Å²) >= 11 is 0. The van der Waals surface area contributed by atoms with Gasteiger partial charge in [-0.25, -0.2) is 0 Å². The van der Waals surface area contributed by atoms with Gasteiger partial charge in [-0.05, 0) is 11.6 Å². The second-order valence-corrected chi connectivity index (χ2v) is 3.69. The fourth-order valence-corrected chi connectivity index (χ4v) is 1.81. The highest BCUT2D eigenvalue weighted by Crippen LogP contribution is 2.31. The fourth-order valence-electron chi connectivity index (χ4n) is 1.81. The zero-order valence-electron chi connectivity index (χ0n) is 8.75. The first-order valence-corrected chi connectivity index (χ1v) is 4.85. The molecule has 0 saturated heterocycles. The molecule has 88 valence electrons. The minimum absolute atomic E-state index is 0.0598. The van der Waals surface area contributed by atoms with E-state index in [4.69, 9.17) is 5.73 Å². The summed E-state index contributed by atoms with van der Waals surface area (Å²) in [5, 5.41) is 10.6. The number of hydrogen-bond acceptors (Lipinski definition) is 4. The molecule has 0 aromatic heterocycles. The van der Waals surface area contributed by atoms with Crippen molar-refractivity contribution in [1.82, 2.24) is 0 Å². The largest absolute Gasteiger partial charge is 0.368 e. The predicted molar refractivity (Wildman–Crippen MR) is 58.3 cm³/mol. The molecule has 0 radical (unpaired) electrons. The number of anilines is 1. The van der Waals surface area contributed by atoms with Crippen molar-refractivity contribution in [3.8, 4) is 0 Å². The predicted octanol–water partition coefficient (Wildman–Crippen LogP) is -0.0308. The van der Waals surface area contributed by atoms with Crippen LogP contribution >= 0.6 is 0 Å². The van der Waals surface area contributed by atoms with Crippen molar-refractivity contribution in [1.29, 1.82) is 0 Å². The van der Waals surface area contributed by atoms with Crippen LogP contribution in [0.5, 0.6) is 0 Å². The van der Waals surface area contributed by atoms with Gasteiger partial charge in [-0.15, -0.1) is 0 Å². The van der Waals surface area contributed by atoms with Crippen molar-refractivity contribution in [2.45, 2.75) is 6.42 Å². The van der Waals surface area contributed by atoms with E-state index in [1.807, 2.05) is 0 Å². The molecule has 7 heteroatoms. The number of amides is 2. The summed E-state index contributed by atoms with van der Waals surface area (Å²) in [4.78, 5) is 33.7. The number of carbonyl (C=O) groups is 2. The molecule has 0 unspecified atom stereocenters. The summed E-state index contributed by atoms with van der Waals surface area (Å²) in [5.41, 5.74) is 6.02. The average molecular weight is 235 g/mol. The molecular formula is C10H9N3O4. The Labute approximate surface area is 96.0 Å². The molecular weight excluding hydrogens is 226 g/mol. The maximum Gasteiger partial charge on any atom is 0.269 e. The van der Waals surface area contributed by atoms with Crippen LogP contribution < -0.4 is 10.6 Å². The smallest absolute Gasteiger partial charge is 0.269 e. The summed E-state index contributed by atoms with van der Waals surface area (Å²) in [6.07, 6.45) is 0.0598. The van der Waals surface area contributed by atoms with Crippen molar-refractivity contribution < 1.29 is 14.5 Å². The Morgan fingerprint density at radius 2 is 2.24 bits per heavy atom. The highest BCUT2D eigenvalue weighted by Gasteiger charge is 2.29. The molecule has 1 aliphatic heterocycles. The SMILES string of the molecule is NC(=O)CN1C(=O)Cc2cc([N+](=O)[O-])ccc21. The topological polar surface area (TPSA) is 107 Å². The third-order valence-corrected chi connectivity index (χ3v) is 2.52. The quantitative estimate of drug-likeness (QED) is 0.586. The molecule has 0 spiro atoms. The van der Waals surface area contributed by atoms with Crippen molar-refractivity contribution in [3.63, 3.8) is 0 Å². The molecule has 7 nitrogen and oxygen atoms in total. The minimum Gasteiger partial charge on any atom is -0.368 e. The van der Waals surface area contributed by atoms with Gasteiger partial charge in [0.15, 0.2) is 0 Å². The van der Waals surface area contributed by atoms with Gasteiger partial charge in [0.05, 0.1) is 11.3 Å². The third-order valence-electron chi connectivity index (χ3n) is 2.52. The summed E-state index contributed by atoms with van der Waals surface area (Å²) in [6, 6.07) is 4.10. The van der Waals surface area contributed by atoms with Gasteiger partial charge in [-0.1, -0.05) is 0 Å². The zero-order valence-corrected chi connectivity index (χ0v) is 8.75. The number of fused-ring (bicyclic) bond motifs is 1. The maximum atomic E-state index is 11.6. The van der Waals surface area contributed by atoms with Crippen molar-refractivity contribution >= 4 is 23.2 Å². The fraction of sp³-hybridized carbons (Fsp3) is 0.200. The number of benzene rings is 1. The summed E-state index contributed by atoms with van der Waals surface area (Å²) in [5.74, 6) is -0.899. The number of nitrogens with zero attached hydrogens (tertiary/aromatic N) is 2. The first-order chi connectivity index (χ1) is 7.99. The molecule has 1 aliphatic rings. The van der Waals surface area contributed by atoms with Crippen LogP contribution in [0.2, 0.25) is 0 Å². The van der Waals surface area contributed by atoms with Crippen molar-refractivity contribution in [2.24, 2.45) is 5.73 Å². The summed E-state index contributed by atoms with van der Waals surface area (Å²) in [6.45, 7) is -0.205. The van der Waals surface area contributed by atoms with Gasteiger partial charge in [0.1, 0.15) is 6.54 Å². The van der Waals surface area contributed by atoms with Gasteiger partial charge in [0, 0.05) is 17.8 Å². The van der Waals surface area contributed by atoms with Crippen LogP contribution in [0.25, 0.3) is 0 Å². The van der Waals surface area contributed by atoms with Gasteiger partial charge in [-0.3, -0.25) is 19.7 Å². The third kappa shape index (κ3) is 1.94. The van der Waals surface area contributed by atoms with Gasteiger partial charge < -0.3 is 10.6 Å². The number of carbonyl (C=O) groups excluding carboxylic acids is 2. The van der Waals surface area contributed by atoms with E-state index in [9.17, 15) is 19.7 Å². The van der Waals surface area contributed by atoms with Crippen molar-refractivity contribution in [2.75, 3.05) is 11.4 Å². The molecule has 0 atom stereocenters. The normalized spacial score (nSPS) is 13.6. The first kappa shape index (κ1) is 11.1. The molecule has 0 bridgehead atoms. The number of nitro benzene ring substituents is 1. The Kier molecular flexibility index (Phi) is 2.51. The Morgan fingerprint density at radius 1 is 1.53 bits per heavy atom. The summed E-state index contributed by atoms with van der Waals surface area (Å²) in [7, 11) is 0. The van der Waals surface area contributed by atoms with Crippen LogP contribution in [-0.4, -0.2) is 23.3 Å². The Hall–Kier alpha value is -2.44. The van der Waals surface area contributed by atoms with Gasteiger partial charge in [0.2, 0.25) is 11.8 Å². The lowest BCUT2D eigenvalue weighted by Gasteiger charge is -2.14. The standard InChI is InChI=1S/C10H9N3O4/c11-9(14)5-12-8-2-1-7(13(16)17)3-6(8)4-10(12)15/h1-3H,4-5H2,(H2,11,14). The monoisotopic (exact) mass is 235 g/mol. The van der Waals surface area contributed by atoms with Crippen LogP contribution in [0, 0.1) is 10.1 Å². The lowest BCUT2D eigenvalue weighted by atomic mass is 10.1. The summed E-state index contributed by atoms with van der Waals surface area (Å²) < 4.78 is 0. The molecule has 1 aromatic rings. The molecule has 1 heterocycles. The number of primary amides is 1. The second-order valence-electron chi connectivity index (χ2n) is 3.69. The lowest BCUT2D eigenvalue weighted by molar-refractivity contribution is -0.384. The second kappa shape index (κ2) is 3.85. The van der Waals surface area contributed by atoms with Crippen LogP contribution in [0.4, 0.5) is 11.4 Å². The Bertz CT molecular complexity index is 526. The van der Waals surface area contributed by atoms with E-state index in [0.29, 0.717) is 11.3 Å². The Morgan fingerprint density at radius 3 is 2.82 bits per heavy atom. The van der Waals surface area contributed by atoms with E-state index in [1.165, 1.54) is 23.1 Å². The number of rotatable bonds is 3. The molecule has 1 aromatic carbocycles. The van der Waals surface area contributed by atoms with Crippen LogP contribution in [0.3, 0.4) is 0 Å². The lowest BCUT2D eigenvalue weighted by Crippen LogP contribution is -2.35. The molecule has 0 saturated carbocycles. The number of nitro groups is 1. The molecule has 0 aliphatic carbocycles. The number of hydrogen-bond donors (Lipinski definition) is 1. The van der Waals surface area contributed by atoms with Crippen molar-refractivity contribution in [3.05, 3.63) is 33.9 Å². The highest BCUT2D eigenvalue weighted by atomic mass is 16.6. The molecule has 2 amide bonds. The first-order valence-electron chi connectivity index (χ1n) is 4.85.